The van der Waals surface area contributed by atoms with E-state index in [1.54, 1.807) is 27.7 Å². The van der Waals surface area contributed by atoms with E-state index in [1.807, 2.05) is 0 Å². The Kier molecular flexibility index (Phi) is 3.63. The van der Waals surface area contributed by atoms with Crippen LogP contribution in [0.5, 0.6) is 0 Å². The van der Waals surface area contributed by atoms with E-state index in [-0.39, 0.29) is 13.2 Å². The molecule has 0 aromatic heterocycles. The summed E-state index contributed by atoms with van der Waals surface area (Å²) in [6.07, 6.45) is -2.33. The second-order valence-electron chi connectivity index (χ2n) is 6.56. The molecule has 3 aliphatic rings. The van der Waals surface area contributed by atoms with E-state index >= 15 is 0 Å². The zero-order valence-corrected chi connectivity index (χ0v) is 13.7. The van der Waals surface area contributed by atoms with Gasteiger partial charge >= 0.3 is 10.3 Å². The first-order chi connectivity index (χ1) is 9.92. The molecule has 0 saturated carbocycles. The van der Waals surface area contributed by atoms with Crippen LogP contribution in [0.15, 0.2) is 0 Å². The van der Waals surface area contributed by atoms with Crippen molar-refractivity contribution in [2.45, 2.75) is 63.4 Å². The van der Waals surface area contributed by atoms with Gasteiger partial charge in [0.1, 0.15) is 18.8 Å². The van der Waals surface area contributed by atoms with Crippen LogP contribution in [-0.4, -0.2) is 57.3 Å². The number of hydrogen-bond acceptors (Lipinski definition) is 8. The maximum atomic E-state index is 11.5. The minimum atomic E-state index is -4.25. The van der Waals surface area contributed by atoms with Gasteiger partial charge in [0, 0.05) is 0 Å². The summed E-state index contributed by atoms with van der Waals surface area (Å²) in [5, 5.41) is 5.04. The number of rotatable bonds is 2. The highest BCUT2D eigenvalue weighted by Crippen LogP contribution is 2.45. The van der Waals surface area contributed by atoms with Gasteiger partial charge in [0.05, 0.1) is 6.61 Å². The maximum Gasteiger partial charge on any atom is 0.333 e. The Hall–Kier alpha value is -0.330. The van der Waals surface area contributed by atoms with Crippen LogP contribution in [0.1, 0.15) is 27.7 Å². The molecule has 3 heterocycles. The molecular formula is C12H21NO8S. The highest BCUT2D eigenvalue weighted by molar-refractivity contribution is 7.84. The minimum Gasteiger partial charge on any atom is -0.345 e. The summed E-state index contributed by atoms with van der Waals surface area (Å²) in [5.74, 6) is -3.25. The first-order valence-electron chi connectivity index (χ1n) is 6.96. The third kappa shape index (κ3) is 3.02. The van der Waals surface area contributed by atoms with E-state index in [2.05, 4.69) is 0 Å². The third-order valence-corrected chi connectivity index (χ3v) is 4.20. The van der Waals surface area contributed by atoms with E-state index in [4.69, 9.17) is 33.0 Å². The molecule has 9 nitrogen and oxygen atoms in total. The molecule has 0 radical (unpaired) electrons. The van der Waals surface area contributed by atoms with Gasteiger partial charge in [-0.1, -0.05) is 0 Å². The van der Waals surface area contributed by atoms with Crippen molar-refractivity contribution >= 4 is 10.3 Å². The van der Waals surface area contributed by atoms with Crippen LogP contribution < -0.4 is 5.14 Å². The lowest BCUT2D eigenvalue weighted by molar-refractivity contribution is -0.320. The molecule has 3 fully saturated rings. The Bertz CT molecular complexity index is 559. The standard InChI is InChI=1S/C12H21NO8S/c1-10(2)17-6-12(21-10)9(20-22(13,14)15)8-7(5-16-12)18-11(3,4)19-8/h7-9H,5-6H2,1-4H3,(H2,13,14,15)/t7-,8-,9-,12+/m1/s1. The average Bonchev–Trinajstić information content (AvgIpc) is 2.79. The molecule has 0 aromatic carbocycles. The molecule has 10 heteroatoms. The quantitative estimate of drug-likeness (QED) is 0.723. The van der Waals surface area contributed by atoms with Crippen LogP contribution in [0.2, 0.25) is 0 Å². The highest BCUT2D eigenvalue weighted by Gasteiger charge is 2.64. The lowest BCUT2D eigenvalue weighted by atomic mass is 9.97. The second-order valence-corrected chi connectivity index (χ2v) is 7.74. The molecule has 4 atom stereocenters. The first kappa shape index (κ1) is 16.5. The minimum absolute atomic E-state index is 0.00675. The van der Waals surface area contributed by atoms with Crippen molar-refractivity contribution in [2.75, 3.05) is 13.2 Å². The molecule has 0 aliphatic carbocycles. The summed E-state index contributed by atoms with van der Waals surface area (Å²) in [4.78, 5) is 0. The Morgan fingerprint density at radius 2 is 1.77 bits per heavy atom. The maximum absolute atomic E-state index is 11.5. The van der Waals surface area contributed by atoms with Crippen LogP contribution in [0.3, 0.4) is 0 Å². The van der Waals surface area contributed by atoms with Crippen molar-refractivity contribution in [3.05, 3.63) is 0 Å². The van der Waals surface area contributed by atoms with Gasteiger partial charge < -0.3 is 23.7 Å². The van der Waals surface area contributed by atoms with Gasteiger partial charge in [-0.3, -0.25) is 0 Å². The van der Waals surface area contributed by atoms with Gasteiger partial charge in [0.15, 0.2) is 17.7 Å². The lowest BCUT2D eigenvalue weighted by Crippen LogP contribution is -2.63. The summed E-state index contributed by atoms with van der Waals surface area (Å²) in [6.45, 7) is 7.00. The average molecular weight is 339 g/mol. The predicted octanol–water partition coefficient (Wildman–Crippen LogP) is -0.395. The Morgan fingerprint density at radius 1 is 1.09 bits per heavy atom. The largest absolute Gasteiger partial charge is 0.345 e. The molecule has 22 heavy (non-hydrogen) atoms. The lowest BCUT2D eigenvalue weighted by Gasteiger charge is -2.42. The zero-order valence-electron chi connectivity index (χ0n) is 12.9. The SMILES string of the molecule is CC1(C)O[C@H]2[C@@H](OS(N)(=O)=O)[C@@]3(COC(C)(C)O3)OC[C@H]2O1. The predicted molar refractivity (Wildman–Crippen MR) is 71.6 cm³/mol. The summed E-state index contributed by atoms with van der Waals surface area (Å²) in [5.41, 5.74) is 0. The molecular weight excluding hydrogens is 318 g/mol. The summed E-state index contributed by atoms with van der Waals surface area (Å²) < 4.78 is 56.5. The Morgan fingerprint density at radius 3 is 2.32 bits per heavy atom. The zero-order chi connectivity index (χ0) is 16.4. The fraction of sp³-hybridized carbons (Fsp3) is 1.00. The number of nitrogens with two attached hydrogens (primary N) is 1. The van der Waals surface area contributed by atoms with Gasteiger partial charge in [-0.05, 0) is 27.7 Å². The van der Waals surface area contributed by atoms with Crippen LogP contribution in [0.4, 0.5) is 0 Å². The number of fused-ring (bicyclic) bond motifs is 1. The molecule has 0 amide bonds. The molecule has 0 unspecified atom stereocenters. The van der Waals surface area contributed by atoms with E-state index in [1.165, 1.54) is 0 Å². The van der Waals surface area contributed by atoms with Gasteiger partial charge in [-0.2, -0.15) is 8.42 Å². The van der Waals surface area contributed by atoms with Crippen molar-refractivity contribution in [2.24, 2.45) is 5.14 Å². The van der Waals surface area contributed by atoms with Crippen LogP contribution in [0.25, 0.3) is 0 Å². The number of ether oxygens (including phenoxy) is 5. The Labute approximate surface area is 129 Å². The van der Waals surface area contributed by atoms with Crippen molar-refractivity contribution in [1.82, 2.24) is 0 Å². The molecule has 0 aromatic rings. The molecule has 128 valence electrons. The van der Waals surface area contributed by atoms with Crippen molar-refractivity contribution in [3.8, 4) is 0 Å². The summed E-state index contributed by atoms with van der Waals surface area (Å²) in [6, 6.07) is 0. The van der Waals surface area contributed by atoms with Crippen molar-refractivity contribution in [1.29, 1.82) is 0 Å². The topological polar surface area (TPSA) is 116 Å². The number of hydrogen-bond donors (Lipinski definition) is 1. The van der Waals surface area contributed by atoms with Gasteiger partial charge in [0.2, 0.25) is 5.79 Å². The fourth-order valence-electron chi connectivity index (χ4n) is 3.04. The van der Waals surface area contributed by atoms with Crippen molar-refractivity contribution < 1.29 is 36.3 Å². The van der Waals surface area contributed by atoms with E-state index in [0.29, 0.717) is 0 Å². The third-order valence-electron chi connectivity index (χ3n) is 3.72. The van der Waals surface area contributed by atoms with E-state index in [9.17, 15) is 8.42 Å². The molecule has 2 N–H and O–H groups in total. The monoisotopic (exact) mass is 339 g/mol. The molecule has 3 aliphatic heterocycles. The van der Waals surface area contributed by atoms with Gasteiger partial charge in [-0.15, -0.1) is 0 Å². The fourth-order valence-corrected chi connectivity index (χ4v) is 3.58. The smallest absolute Gasteiger partial charge is 0.333 e. The first-order valence-corrected chi connectivity index (χ1v) is 8.43. The highest BCUT2D eigenvalue weighted by atomic mass is 32.2. The second kappa shape index (κ2) is 4.84. The summed E-state index contributed by atoms with van der Waals surface area (Å²) in [7, 11) is -4.25. The molecule has 0 bridgehead atoms. The van der Waals surface area contributed by atoms with Crippen LogP contribution >= 0.6 is 0 Å². The van der Waals surface area contributed by atoms with Crippen LogP contribution in [0, 0.1) is 0 Å². The molecule has 1 spiro atoms. The van der Waals surface area contributed by atoms with E-state index < -0.39 is 46.0 Å². The van der Waals surface area contributed by atoms with Crippen molar-refractivity contribution in [3.63, 3.8) is 0 Å². The van der Waals surface area contributed by atoms with E-state index in [0.717, 1.165) is 0 Å². The summed E-state index contributed by atoms with van der Waals surface area (Å²) >= 11 is 0. The molecule has 3 rings (SSSR count). The van der Waals surface area contributed by atoms with Gasteiger partial charge in [0.25, 0.3) is 0 Å². The Balaban J connectivity index is 1.94. The van der Waals surface area contributed by atoms with Crippen LogP contribution in [-0.2, 0) is 38.2 Å². The molecule has 3 saturated heterocycles. The van der Waals surface area contributed by atoms with Gasteiger partial charge in [-0.25, -0.2) is 9.32 Å². The normalized spacial score (nSPS) is 43.4.